The van der Waals surface area contributed by atoms with E-state index in [0.29, 0.717) is 0 Å². The molecule has 0 amide bonds. The van der Waals surface area contributed by atoms with E-state index in [0.717, 1.165) is 37.3 Å². The molecular formula is C19H22N2. The molecule has 0 aliphatic carbocycles. The molecule has 1 saturated heterocycles. The van der Waals surface area contributed by atoms with E-state index in [4.69, 9.17) is 0 Å². The fourth-order valence-electron chi connectivity index (χ4n) is 2.07. The third kappa shape index (κ3) is 5.33. The lowest BCUT2D eigenvalue weighted by Crippen LogP contribution is -2.41. The van der Waals surface area contributed by atoms with E-state index in [2.05, 4.69) is 47.5 Å². The molecular weight excluding hydrogens is 256 g/mol. The van der Waals surface area contributed by atoms with Crippen LogP contribution in [0, 0.1) is 11.8 Å². The van der Waals surface area contributed by atoms with Gasteiger partial charge in [0.1, 0.15) is 0 Å². The van der Waals surface area contributed by atoms with Crippen LogP contribution in [0.2, 0.25) is 0 Å². The van der Waals surface area contributed by atoms with Crippen molar-refractivity contribution < 1.29 is 0 Å². The van der Waals surface area contributed by atoms with Gasteiger partial charge in [-0.2, -0.15) is 0 Å². The van der Waals surface area contributed by atoms with Crippen LogP contribution in [0.25, 0.3) is 0 Å². The molecule has 1 aromatic carbocycles. The first-order valence-corrected chi connectivity index (χ1v) is 7.28. The van der Waals surface area contributed by atoms with Gasteiger partial charge in [-0.15, -0.1) is 0 Å². The van der Waals surface area contributed by atoms with Crippen molar-refractivity contribution in [2.45, 2.75) is 0 Å². The summed E-state index contributed by atoms with van der Waals surface area (Å²) in [6, 6.07) is 10.00. The number of allylic oxidation sites excluding steroid dienone is 4. The van der Waals surface area contributed by atoms with Crippen molar-refractivity contribution >= 4 is 0 Å². The van der Waals surface area contributed by atoms with Gasteiger partial charge in [-0.05, 0) is 37.5 Å². The molecule has 1 aromatic rings. The summed E-state index contributed by atoms with van der Waals surface area (Å²) in [7, 11) is 2.16. The molecule has 0 saturated carbocycles. The normalized spacial score (nSPS) is 16.6. The standard InChI is InChI=1S/C19H22N2/c1-3-18(11-12-19-8-5-4-6-9-19)10-7-13-21-16-14-20(2)15-17-21/h3-10,13H,1,14-17H2,2H3/b13-7+,18-10+. The maximum absolute atomic E-state index is 3.82. The lowest BCUT2D eigenvalue weighted by molar-refractivity contribution is 0.198. The minimum atomic E-state index is 0.934. The Labute approximate surface area is 128 Å². The average molecular weight is 278 g/mol. The van der Waals surface area contributed by atoms with Gasteiger partial charge in [-0.3, -0.25) is 0 Å². The third-order valence-corrected chi connectivity index (χ3v) is 3.46. The predicted molar refractivity (Wildman–Crippen MR) is 89.8 cm³/mol. The Morgan fingerprint density at radius 2 is 1.86 bits per heavy atom. The first-order chi connectivity index (χ1) is 10.3. The fourth-order valence-corrected chi connectivity index (χ4v) is 2.07. The topological polar surface area (TPSA) is 6.48 Å². The molecule has 1 aliphatic heterocycles. The number of likely N-dealkylation sites (N-methyl/N-ethyl adjacent to an activating group) is 1. The zero-order valence-corrected chi connectivity index (χ0v) is 12.6. The van der Waals surface area contributed by atoms with Crippen LogP contribution in [0.1, 0.15) is 5.56 Å². The van der Waals surface area contributed by atoms with Crippen molar-refractivity contribution in [1.82, 2.24) is 9.80 Å². The largest absolute Gasteiger partial charge is 0.375 e. The summed E-state index contributed by atoms with van der Waals surface area (Å²) in [5.74, 6) is 6.29. The first-order valence-electron chi connectivity index (χ1n) is 7.28. The minimum absolute atomic E-state index is 0.934. The Morgan fingerprint density at radius 1 is 1.14 bits per heavy atom. The van der Waals surface area contributed by atoms with Gasteiger partial charge in [-0.1, -0.05) is 42.7 Å². The van der Waals surface area contributed by atoms with Crippen LogP contribution in [-0.4, -0.2) is 43.0 Å². The molecule has 2 rings (SSSR count). The van der Waals surface area contributed by atoms with Crippen LogP contribution >= 0.6 is 0 Å². The van der Waals surface area contributed by atoms with Gasteiger partial charge in [0.25, 0.3) is 0 Å². The van der Waals surface area contributed by atoms with Crippen LogP contribution in [-0.2, 0) is 0 Å². The summed E-state index contributed by atoms with van der Waals surface area (Å²) >= 11 is 0. The summed E-state index contributed by atoms with van der Waals surface area (Å²) in [6.07, 6.45) is 8.01. The fraction of sp³-hybridized carbons (Fsp3) is 0.263. The van der Waals surface area contributed by atoms with E-state index in [1.165, 1.54) is 0 Å². The summed E-state index contributed by atoms with van der Waals surface area (Å²) in [5, 5.41) is 0. The Bertz CT molecular complexity index is 565. The molecule has 0 radical (unpaired) electrons. The Kier molecular flexibility index (Phi) is 5.87. The summed E-state index contributed by atoms with van der Waals surface area (Å²) in [4.78, 5) is 4.68. The van der Waals surface area contributed by atoms with E-state index < -0.39 is 0 Å². The lowest BCUT2D eigenvalue weighted by Gasteiger charge is -2.31. The highest BCUT2D eigenvalue weighted by Crippen LogP contribution is 2.02. The molecule has 108 valence electrons. The predicted octanol–water partition coefficient (Wildman–Crippen LogP) is 2.91. The Balaban J connectivity index is 1.95. The van der Waals surface area contributed by atoms with Gasteiger partial charge in [0, 0.05) is 37.3 Å². The van der Waals surface area contributed by atoms with E-state index in [1.807, 2.05) is 36.4 Å². The molecule has 0 bridgehead atoms. The Morgan fingerprint density at radius 3 is 2.52 bits per heavy atom. The first kappa shape index (κ1) is 15.2. The maximum atomic E-state index is 3.82. The molecule has 1 aliphatic rings. The SMILES string of the molecule is C=C/C(C#Cc1ccccc1)=C\C=C\N1CCN(C)CC1. The molecule has 2 nitrogen and oxygen atoms in total. The van der Waals surface area contributed by atoms with Gasteiger partial charge in [0.2, 0.25) is 0 Å². The summed E-state index contributed by atoms with van der Waals surface area (Å²) in [5.41, 5.74) is 1.96. The van der Waals surface area contributed by atoms with Crippen LogP contribution in [0.5, 0.6) is 0 Å². The van der Waals surface area contributed by atoms with Gasteiger partial charge >= 0.3 is 0 Å². The van der Waals surface area contributed by atoms with Crippen molar-refractivity contribution in [3.63, 3.8) is 0 Å². The second-order valence-electron chi connectivity index (χ2n) is 5.12. The highest BCUT2D eigenvalue weighted by Gasteiger charge is 2.09. The highest BCUT2D eigenvalue weighted by atomic mass is 15.2. The number of benzene rings is 1. The molecule has 0 unspecified atom stereocenters. The van der Waals surface area contributed by atoms with E-state index in [1.54, 1.807) is 6.08 Å². The molecule has 0 N–H and O–H groups in total. The number of piperazine rings is 1. The van der Waals surface area contributed by atoms with Crippen molar-refractivity contribution in [2.24, 2.45) is 0 Å². The quantitative estimate of drug-likeness (QED) is 0.619. The van der Waals surface area contributed by atoms with E-state index >= 15 is 0 Å². The highest BCUT2D eigenvalue weighted by molar-refractivity contribution is 5.45. The van der Waals surface area contributed by atoms with Gasteiger partial charge in [-0.25, -0.2) is 0 Å². The minimum Gasteiger partial charge on any atom is -0.375 e. The van der Waals surface area contributed by atoms with E-state index in [9.17, 15) is 0 Å². The monoisotopic (exact) mass is 278 g/mol. The smallest absolute Gasteiger partial charge is 0.0300 e. The number of nitrogens with zero attached hydrogens (tertiary/aromatic N) is 2. The van der Waals surface area contributed by atoms with Crippen molar-refractivity contribution in [3.8, 4) is 11.8 Å². The Hall–Kier alpha value is -2.24. The van der Waals surface area contributed by atoms with Gasteiger partial charge in [0.15, 0.2) is 0 Å². The van der Waals surface area contributed by atoms with Crippen LogP contribution in [0.4, 0.5) is 0 Å². The number of hydrogen-bond donors (Lipinski definition) is 0. The molecule has 2 heteroatoms. The number of hydrogen-bond acceptors (Lipinski definition) is 2. The van der Waals surface area contributed by atoms with E-state index in [-0.39, 0.29) is 0 Å². The third-order valence-electron chi connectivity index (χ3n) is 3.46. The lowest BCUT2D eigenvalue weighted by atomic mass is 10.2. The zero-order valence-electron chi connectivity index (χ0n) is 12.6. The van der Waals surface area contributed by atoms with Crippen molar-refractivity contribution in [3.05, 3.63) is 72.5 Å². The molecule has 1 heterocycles. The van der Waals surface area contributed by atoms with Gasteiger partial charge in [0.05, 0.1) is 0 Å². The van der Waals surface area contributed by atoms with Crippen LogP contribution in [0.15, 0.2) is 66.9 Å². The van der Waals surface area contributed by atoms with Crippen LogP contribution < -0.4 is 0 Å². The second kappa shape index (κ2) is 8.14. The molecule has 1 fully saturated rings. The molecule has 0 spiro atoms. The molecule has 0 atom stereocenters. The summed E-state index contributed by atoms with van der Waals surface area (Å²) in [6.45, 7) is 8.23. The van der Waals surface area contributed by atoms with Gasteiger partial charge < -0.3 is 9.80 Å². The average Bonchev–Trinajstić information content (AvgIpc) is 2.53. The molecule has 21 heavy (non-hydrogen) atoms. The second-order valence-corrected chi connectivity index (χ2v) is 5.12. The summed E-state index contributed by atoms with van der Waals surface area (Å²) < 4.78 is 0. The van der Waals surface area contributed by atoms with Crippen molar-refractivity contribution in [1.29, 1.82) is 0 Å². The van der Waals surface area contributed by atoms with Crippen LogP contribution in [0.3, 0.4) is 0 Å². The maximum Gasteiger partial charge on any atom is 0.0300 e. The zero-order chi connectivity index (χ0) is 14.9. The molecule has 0 aromatic heterocycles. The van der Waals surface area contributed by atoms with Crippen molar-refractivity contribution in [2.75, 3.05) is 33.2 Å². The number of rotatable bonds is 3.